The molecule has 6 heteroatoms. The lowest BCUT2D eigenvalue weighted by molar-refractivity contribution is 0.102. The third kappa shape index (κ3) is 3.48. The molecule has 0 fully saturated rings. The van der Waals surface area contributed by atoms with Crippen LogP contribution in [0.5, 0.6) is 5.75 Å². The van der Waals surface area contributed by atoms with Gasteiger partial charge in [0, 0.05) is 29.8 Å². The summed E-state index contributed by atoms with van der Waals surface area (Å²) in [4.78, 5) is 17.0. The number of hydrogen-bond donors (Lipinski definition) is 1. The van der Waals surface area contributed by atoms with Crippen LogP contribution in [0.25, 0.3) is 16.9 Å². The fourth-order valence-corrected chi connectivity index (χ4v) is 2.93. The Hall–Kier alpha value is -3.93. The van der Waals surface area contributed by atoms with Crippen molar-refractivity contribution in [3.05, 3.63) is 90.9 Å². The molecule has 0 saturated heterocycles. The average Bonchev–Trinajstić information content (AvgIpc) is 3.20. The van der Waals surface area contributed by atoms with Crippen LogP contribution in [0.4, 0.5) is 5.69 Å². The maximum atomic E-state index is 13.0. The van der Waals surface area contributed by atoms with Gasteiger partial charge in [-0.25, -0.2) is 4.68 Å². The van der Waals surface area contributed by atoms with Crippen molar-refractivity contribution in [2.24, 2.45) is 0 Å². The summed E-state index contributed by atoms with van der Waals surface area (Å²) in [7, 11) is 1.60. The number of carbonyl (C=O) groups excluding carboxylic acids is 1. The zero-order chi connectivity index (χ0) is 19.3. The summed E-state index contributed by atoms with van der Waals surface area (Å²) in [6.07, 6.45) is 4.99. The molecule has 4 rings (SSSR count). The fourth-order valence-electron chi connectivity index (χ4n) is 2.93. The van der Waals surface area contributed by atoms with Crippen LogP contribution in [0.1, 0.15) is 10.4 Å². The van der Waals surface area contributed by atoms with E-state index in [1.54, 1.807) is 42.5 Å². The van der Waals surface area contributed by atoms with E-state index in [9.17, 15) is 4.79 Å². The lowest BCUT2D eigenvalue weighted by Crippen LogP contribution is -2.12. The molecule has 0 spiro atoms. The Morgan fingerprint density at radius 1 is 0.964 bits per heavy atom. The number of amides is 1. The third-order valence-electron chi connectivity index (χ3n) is 4.28. The molecule has 0 aliphatic rings. The molecule has 4 aromatic rings. The molecular formula is C22H18N4O2. The smallest absolute Gasteiger partial charge is 0.259 e. The first-order chi connectivity index (χ1) is 13.8. The van der Waals surface area contributed by atoms with Gasteiger partial charge in [0.1, 0.15) is 11.4 Å². The lowest BCUT2D eigenvalue weighted by atomic mass is 10.1. The van der Waals surface area contributed by atoms with Crippen molar-refractivity contribution in [1.82, 2.24) is 14.8 Å². The highest BCUT2D eigenvalue weighted by atomic mass is 16.5. The minimum Gasteiger partial charge on any atom is -0.496 e. The van der Waals surface area contributed by atoms with Crippen LogP contribution >= 0.6 is 0 Å². The molecule has 0 aliphatic carbocycles. The summed E-state index contributed by atoms with van der Waals surface area (Å²) in [5.74, 6) is 0.396. The van der Waals surface area contributed by atoms with E-state index in [0.717, 1.165) is 11.3 Å². The minimum atomic E-state index is -0.255. The van der Waals surface area contributed by atoms with Gasteiger partial charge in [-0.2, -0.15) is 5.10 Å². The van der Waals surface area contributed by atoms with Gasteiger partial charge in [0.05, 0.1) is 18.4 Å². The van der Waals surface area contributed by atoms with Crippen LogP contribution in [0.15, 0.2) is 85.3 Å². The Morgan fingerprint density at radius 3 is 2.43 bits per heavy atom. The van der Waals surface area contributed by atoms with Gasteiger partial charge in [-0.1, -0.05) is 30.3 Å². The summed E-state index contributed by atoms with van der Waals surface area (Å²) >= 11 is 0. The number of pyridine rings is 1. The molecule has 0 radical (unpaired) electrons. The number of benzene rings is 2. The van der Waals surface area contributed by atoms with Crippen molar-refractivity contribution < 1.29 is 9.53 Å². The average molecular weight is 370 g/mol. The summed E-state index contributed by atoms with van der Waals surface area (Å²) in [5.41, 5.74) is 3.28. The van der Waals surface area contributed by atoms with Gasteiger partial charge in [0.25, 0.3) is 5.91 Å². The Morgan fingerprint density at radius 2 is 1.68 bits per heavy atom. The molecule has 2 aromatic carbocycles. The highest BCUT2D eigenvalue weighted by Crippen LogP contribution is 2.32. The molecule has 6 nitrogen and oxygen atoms in total. The van der Waals surface area contributed by atoms with E-state index < -0.39 is 0 Å². The molecule has 2 aromatic heterocycles. The van der Waals surface area contributed by atoms with E-state index in [0.29, 0.717) is 22.7 Å². The van der Waals surface area contributed by atoms with Gasteiger partial charge >= 0.3 is 0 Å². The quantitative estimate of drug-likeness (QED) is 0.572. The second-order valence-corrected chi connectivity index (χ2v) is 6.06. The van der Waals surface area contributed by atoms with Crippen molar-refractivity contribution in [3.8, 4) is 22.7 Å². The fraction of sp³-hybridized carbons (Fsp3) is 0.0455. The van der Waals surface area contributed by atoms with Crippen LogP contribution < -0.4 is 10.1 Å². The Labute approximate surface area is 162 Å². The van der Waals surface area contributed by atoms with Gasteiger partial charge in [-0.15, -0.1) is 0 Å². The molecular weight excluding hydrogens is 352 g/mol. The molecule has 1 N–H and O–H groups in total. The predicted molar refractivity (Wildman–Crippen MR) is 108 cm³/mol. The second kappa shape index (κ2) is 7.75. The van der Waals surface area contributed by atoms with E-state index in [4.69, 9.17) is 4.74 Å². The highest BCUT2D eigenvalue weighted by Gasteiger charge is 2.21. The molecule has 28 heavy (non-hydrogen) atoms. The van der Waals surface area contributed by atoms with Crippen LogP contribution in [0.3, 0.4) is 0 Å². The van der Waals surface area contributed by atoms with Crippen LogP contribution in [-0.2, 0) is 0 Å². The summed E-state index contributed by atoms with van der Waals surface area (Å²) in [5, 5.41) is 7.58. The van der Waals surface area contributed by atoms with Crippen LogP contribution in [0, 0.1) is 0 Å². The van der Waals surface area contributed by atoms with E-state index in [1.165, 1.54) is 0 Å². The largest absolute Gasteiger partial charge is 0.496 e. The first-order valence-corrected chi connectivity index (χ1v) is 8.76. The Kier molecular flexibility index (Phi) is 4.84. The second-order valence-electron chi connectivity index (χ2n) is 6.06. The summed E-state index contributed by atoms with van der Waals surface area (Å²) < 4.78 is 7.18. The first kappa shape index (κ1) is 17.5. The number of rotatable bonds is 5. The number of ether oxygens (including phenoxy) is 1. The standard InChI is InChI=1S/C22H18N4O2/c1-28-20-10-6-5-9-18(20)21-19(22(27)24-16-11-13-23-14-12-16)15-26(25-21)17-7-3-2-4-8-17/h2-15H,1H3,(H,23,24,27). The van der Waals surface area contributed by atoms with Gasteiger partial charge in [0.15, 0.2) is 0 Å². The monoisotopic (exact) mass is 370 g/mol. The normalized spacial score (nSPS) is 10.5. The Balaban J connectivity index is 1.81. The highest BCUT2D eigenvalue weighted by molar-refractivity contribution is 6.08. The number of anilines is 1. The maximum Gasteiger partial charge on any atom is 0.259 e. The first-order valence-electron chi connectivity index (χ1n) is 8.76. The van der Waals surface area contributed by atoms with Crippen molar-refractivity contribution in [1.29, 1.82) is 0 Å². The van der Waals surface area contributed by atoms with Gasteiger partial charge in [-0.3, -0.25) is 9.78 Å². The minimum absolute atomic E-state index is 0.255. The van der Waals surface area contributed by atoms with E-state index >= 15 is 0 Å². The van der Waals surface area contributed by atoms with E-state index in [1.807, 2.05) is 54.6 Å². The summed E-state index contributed by atoms with van der Waals surface area (Å²) in [6.45, 7) is 0. The van der Waals surface area contributed by atoms with Crippen molar-refractivity contribution in [3.63, 3.8) is 0 Å². The number of aromatic nitrogens is 3. The van der Waals surface area contributed by atoms with E-state index in [-0.39, 0.29) is 5.91 Å². The van der Waals surface area contributed by atoms with Crippen LogP contribution in [0.2, 0.25) is 0 Å². The maximum absolute atomic E-state index is 13.0. The number of carbonyl (C=O) groups is 1. The molecule has 0 saturated carbocycles. The van der Waals surface area contributed by atoms with Gasteiger partial charge in [0.2, 0.25) is 0 Å². The third-order valence-corrected chi connectivity index (χ3v) is 4.28. The number of nitrogens with zero attached hydrogens (tertiary/aromatic N) is 3. The number of para-hydroxylation sites is 2. The number of hydrogen-bond acceptors (Lipinski definition) is 4. The lowest BCUT2D eigenvalue weighted by Gasteiger charge is -2.08. The molecule has 1 amide bonds. The zero-order valence-corrected chi connectivity index (χ0v) is 15.2. The summed E-state index contributed by atoms with van der Waals surface area (Å²) in [6, 6.07) is 20.6. The van der Waals surface area contributed by atoms with Crippen molar-refractivity contribution >= 4 is 11.6 Å². The number of nitrogens with one attached hydrogen (secondary N) is 1. The molecule has 0 aliphatic heterocycles. The zero-order valence-electron chi connectivity index (χ0n) is 15.2. The SMILES string of the molecule is COc1ccccc1-c1nn(-c2ccccc2)cc1C(=O)Nc1ccncc1. The predicted octanol–water partition coefficient (Wildman–Crippen LogP) is 4.20. The van der Waals surface area contributed by atoms with Crippen LogP contribution in [-0.4, -0.2) is 27.8 Å². The Bertz CT molecular complexity index is 1090. The van der Waals surface area contributed by atoms with Crippen molar-refractivity contribution in [2.75, 3.05) is 12.4 Å². The van der Waals surface area contributed by atoms with Gasteiger partial charge < -0.3 is 10.1 Å². The molecule has 2 heterocycles. The molecule has 0 unspecified atom stereocenters. The topological polar surface area (TPSA) is 69.0 Å². The molecule has 138 valence electrons. The van der Waals surface area contributed by atoms with Crippen molar-refractivity contribution in [2.45, 2.75) is 0 Å². The van der Waals surface area contributed by atoms with E-state index in [2.05, 4.69) is 15.4 Å². The molecule has 0 bridgehead atoms. The molecule has 0 atom stereocenters. The van der Waals surface area contributed by atoms with Gasteiger partial charge in [-0.05, 0) is 36.4 Å². The number of methoxy groups -OCH3 is 1.